The second-order valence-corrected chi connectivity index (χ2v) is 2.98. The quantitative estimate of drug-likeness (QED) is 0.574. The predicted octanol–water partition coefficient (Wildman–Crippen LogP) is -0.0831. The summed E-state index contributed by atoms with van der Waals surface area (Å²) in [4.78, 5) is 25.5. The van der Waals surface area contributed by atoms with E-state index in [1.165, 1.54) is 0 Å². The van der Waals surface area contributed by atoms with E-state index in [1.54, 1.807) is 6.92 Å². The number of piperazine rings is 1. The van der Waals surface area contributed by atoms with E-state index in [2.05, 4.69) is 0 Å². The molecule has 1 heterocycles. The molecule has 1 rings (SSSR count). The van der Waals surface area contributed by atoms with E-state index >= 15 is 0 Å². The molecule has 0 atom stereocenters. The van der Waals surface area contributed by atoms with Crippen LogP contribution in [0.1, 0.15) is 6.92 Å². The molecule has 0 aromatic carbocycles. The number of carbonyl (C=O) groups is 2. The highest BCUT2D eigenvalue weighted by molar-refractivity contribution is 5.93. The maximum Gasteiger partial charge on any atom is 0.416 e. The maximum absolute atomic E-state index is 11.3. The molecule has 0 aromatic rings. The third-order valence-electron chi connectivity index (χ3n) is 1.90. The normalized spacial score (nSPS) is 18.9. The predicted molar refractivity (Wildman–Crippen MR) is 46.2 cm³/mol. The highest BCUT2D eigenvalue weighted by atomic mass is 16.6. The SMILES string of the molecule is CCOC(=O)N1CCN(C)CC1=O. The molecule has 0 N–H and O–H groups in total. The van der Waals surface area contributed by atoms with Crippen molar-refractivity contribution in [2.75, 3.05) is 33.3 Å². The third-order valence-corrected chi connectivity index (χ3v) is 1.90. The smallest absolute Gasteiger partial charge is 0.416 e. The Kier molecular flexibility index (Phi) is 3.25. The first kappa shape index (κ1) is 9.98. The van der Waals surface area contributed by atoms with Crippen molar-refractivity contribution in [3.63, 3.8) is 0 Å². The molecule has 5 nitrogen and oxygen atoms in total. The molecule has 0 spiro atoms. The van der Waals surface area contributed by atoms with Crippen molar-refractivity contribution in [2.45, 2.75) is 6.92 Å². The second-order valence-electron chi connectivity index (χ2n) is 2.98. The lowest BCUT2D eigenvalue weighted by Gasteiger charge is -2.29. The van der Waals surface area contributed by atoms with Crippen LogP contribution in [-0.2, 0) is 9.53 Å². The maximum atomic E-state index is 11.3. The van der Waals surface area contributed by atoms with E-state index in [-0.39, 0.29) is 5.91 Å². The molecule has 0 bridgehead atoms. The second kappa shape index (κ2) is 4.23. The van der Waals surface area contributed by atoms with Gasteiger partial charge < -0.3 is 4.74 Å². The van der Waals surface area contributed by atoms with Crippen molar-refractivity contribution in [1.82, 2.24) is 9.80 Å². The number of likely N-dealkylation sites (N-methyl/N-ethyl adjacent to an activating group) is 1. The Morgan fingerprint density at radius 1 is 1.54 bits per heavy atom. The topological polar surface area (TPSA) is 49.9 Å². The molecule has 0 saturated carbocycles. The number of ether oxygens (including phenoxy) is 1. The summed E-state index contributed by atoms with van der Waals surface area (Å²) < 4.78 is 4.73. The molecule has 0 unspecified atom stereocenters. The van der Waals surface area contributed by atoms with E-state index in [1.807, 2.05) is 11.9 Å². The van der Waals surface area contributed by atoms with Gasteiger partial charge in [-0.1, -0.05) is 0 Å². The summed E-state index contributed by atoms with van der Waals surface area (Å²) in [7, 11) is 1.85. The zero-order valence-electron chi connectivity index (χ0n) is 7.95. The van der Waals surface area contributed by atoms with Crippen LogP contribution in [0.5, 0.6) is 0 Å². The minimum atomic E-state index is -0.527. The molecule has 1 aliphatic heterocycles. The standard InChI is InChI=1S/C8H14N2O3/c1-3-13-8(12)10-5-4-9(2)6-7(10)11/h3-6H2,1-2H3. The van der Waals surface area contributed by atoms with Crippen LogP contribution in [0.4, 0.5) is 4.79 Å². The zero-order valence-corrected chi connectivity index (χ0v) is 7.95. The first-order chi connectivity index (χ1) is 6.15. The van der Waals surface area contributed by atoms with E-state index in [4.69, 9.17) is 4.74 Å². The number of hydrogen-bond acceptors (Lipinski definition) is 4. The van der Waals surface area contributed by atoms with Gasteiger partial charge in [0.2, 0.25) is 5.91 Å². The first-order valence-corrected chi connectivity index (χ1v) is 4.30. The van der Waals surface area contributed by atoms with Crippen molar-refractivity contribution < 1.29 is 14.3 Å². The minimum absolute atomic E-state index is 0.188. The summed E-state index contributed by atoms with van der Waals surface area (Å²) in [6.45, 7) is 3.45. The van der Waals surface area contributed by atoms with Gasteiger partial charge in [0.1, 0.15) is 0 Å². The van der Waals surface area contributed by atoms with E-state index in [0.29, 0.717) is 26.2 Å². The zero-order chi connectivity index (χ0) is 9.84. The molecule has 1 aliphatic rings. The summed E-state index contributed by atoms with van der Waals surface area (Å²) in [5.74, 6) is -0.188. The summed E-state index contributed by atoms with van der Waals surface area (Å²) in [5.41, 5.74) is 0. The van der Waals surface area contributed by atoms with Gasteiger partial charge in [-0.15, -0.1) is 0 Å². The number of hydrogen-bond donors (Lipinski definition) is 0. The number of nitrogens with zero attached hydrogens (tertiary/aromatic N) is 2. The molecular formula is C8H14N2O3. The van der Waals surface area contributed by atoms with Crippen molar-refractivity contribution >= 4 is 12.0 Å². The van der Waals surface area contributed by atoms with E-state index < -0.39 is 6.09 Å². The average molecular weight is 186 g/mol. The third kappa shape index (κ3) is 2.42. The van der Waals surface area contributed by atoms with Crippen LogP contribution < -0.4 is 0 Å². The molecule has 0 aromatic heterocycles. The van der Waals surface area contributed by atoms with E-state index in [0.717, 1.165) is 4.90 Å². The molecule has 0 radical (unpaired) electrons. The number of carbonyl (C=O) groups excluding carboxylic acids is 2. The molecule has 1 fully saturated rings. The lowest BCUT2D eigenvalue weighted by molar-refractivity contribution is -0.133. The Morgan fingerprint density at radius 3 is 2.77 bits per heavy atom. The Balaban J connectivity index is 2.51. The number of rotatable bonds is 1. The van der Waals surface area contributed by atoms with Gasteiger partial charge in [0, 0.05) is 13.1 Å². The Hall–Kier alpha value is -1.10. The van der Waals surface area contributed by atoms with Gasteiger partial charge in [0.05, 0.1) is 13.2 Å². The van der Waals surface area contributed by atoms with Crippen molar-refractivity contribution in [1.29, 1.82) is 0 Å². The highest BCUT2D eigenvalue weighted by Crippen LogP contribution is 2.02. The Morgan fingerprint density at radius 2 is 2.23 bits per heavy atom. The van der Waals surface area contributed by atoms with Gasteiger partial charge >= 0.3 is 6.09 Å². The summed E-state index contributed by atoms with van der Waals surface area (Å²) >= 11 is 0. The summed E-state index contributed by atoms with van der Waals surface area (Å²) in [6, 6.07) is 0. The fourth-order valence-electron chi connectivity index (χ4n) is 1.19. The van der Waals surface area contributed by atoms with Crippen LogP contribution in [0.25, 0.3) is 0 Å². The summed E-state index contributed by atoms with van der Waals surface area (Å²) in [5, 5.41) is 0. The van der Waals surface area contributed by atoms with Gasteiger partial charge in [-0.3, -0.25) is 9.69 Å². The van der Waals surface area contributed by atoms with Crippen LogP contribution in [0.15, 0.2) is 0 Å². The van der Waals surface area contributed by atoms with Gasteiger partial charge in [-0.25, -0.2) is 9.69 Å². The fraction of sp³-hybridized carbons (Fsp3) is 0.750. The fourth-order valence-corrected chi connectivity index (χ4v) is 1.19. The first-order valence-electron chi connectivity index (χ1n) is 4.30. The van der Waals surface area contributed by atoms with Crippen molar-refractivity contribution in [3.05, 3.63) is 0 Å². The van der Waals surface area contributed by atoms with Crippen LogP contribution in [0.3, 0.4) is 0 Å². The lowest BCUT2D eigenvalue weighted by Crippen LogP contribution is -2.51. The Bertz CT molecular complexity index is 209. The molecule has 5 heteroatoms. The molecule has 2 amide bonds. The largest absolute Gasteiger partial charge is 0.449 e. The molecule has 0 aliphatic carbocycles. The molecule has 74 valence electrons. The minimum Gasteiger partial charge on any atom is -0.449 e. The number of amides is 2. The van der Waals surface area contributed by atoms with Crippen molar-refractivity contribution in [3.8, 4) is 0 Å². The van der Waals surface area contributed by atoms with Gasteiger partial charge in [-0.2, -0.15) is 0 Å². The average Bonchev–Trinajstić information content (AvgIpc) is 2.04. The van der Waals surface area contributed by atoms with Gasteiger partial charge in [-0.05, 0) is 14.0 Å². The van der Waals surface area contributed by atoms with Crippen LogP contribution >= 0.6 is 0 Å². The van der Waals surface area contributed by atoms with Crippen LogP contribution in [0.2, 0.25) is 0 Å². The highest BCUT2D eigenvalue weighted by Gasteiger charge is 2.27. The number of imide groups is 1. The lowest BCUT2D eigenvalue weighted by atomic mass is 10.3. The molecule has 13 heavy (non-hydrogen) atoms. The van der Waals surface area contributed by atoms with Crippen molar-refractivity contribution in [2.24, 2.45) is 0 Å². The van der Waals surface area contributed by atoms with Crippen LogP contribution in [-0.4, -0.2) is 55.1 Å². The van der Waals surface area contributed by atoms with Gasteiger partial charge in [0.25, 0.3) is 0 Å². The summed E-state index contributed by atoms with van der Waals surface area (Å²) in [6.07, 6.45) is -0.527. The molecule has 1 saturated heterocycles. The van der Waals surface area contributed by atoms with Crippen LogP contribution in [0, 0.1) is 0 Å². The molecular weight excluding hydrogens is 172 g/mol. The monoisotopic (exact) mass is 186 g/mol. The van der Waals surface area contributed by atoms with Gasteiger partial charge in [0.15, 0.2) is 0 Å². The van der Waals surface area contributed by atoms with E-state index in [9.17, 15) is 9.59 Å². The Labute approximate surface area is 77.2 Å².